The molecule has 0 heterocycles. The number of fused-ring (bicyclic) bond motifs is 1. The van der Waals surface area contributed by atoms with Gasteiger partial charge in [0.2, 0.25) is 0 Å². The van der Waals surface area contributed by atoms with Gasteiger partial charge < -0.3 is 14.9 Å². The van der Waals surface area contributed by atoms with Crippen LogP contribution in [0.4, 0.5) is 0 Å². The first-order chi connectivity index (χ1) is 17.8. The fourth-order valence-corrected chi connectivity index (χ4v) is 7.22. The van der Waals surface area contributed by atoms with Gasteiger partial charge in [0.1, 0.15) is 6.10 Å². The molecule has 2 N–H and O–H groups in total. The van der Waals surface area contributed by atoms with Gasteiger partial charge in [0.05, 0.1) is 18.6 Å². The van der Waals surface area contributed by atoms with E-state index < -0.39 is 6.10 Å². The van der Waals surface area contributed by atoms with Crippen LogP contribution >= 0.6 is 0 Å². The van der Waals surface area contributed by atoms with E-state index in [4.69, 9.17) is 4.74 Å². The van der Waals surface area contributed by atoms with Gasteiger partial charge in [0, 0.05) is 11.8 Å². The second-order valence-corrected chi connectivity index (χ2v) is 12.4. The Balaban J connectivity index is 1.35. The molecule has 2 fully saturated rings. The number of benzene rings is 1. The molecule has 4 nitrogen and oxygen atoms in total. The maximum absolute atomic E-state index is 13.1. The number of hydrogen-bond acceptors (Lipinski definition) is 4. The van der Waals surface area contributed by atoms with Crippen molar-refractivity contribution in [1.29, 1.82) is 0 Å². The Bertz CT molecular complexity index is 933. The summed E-state index contributed by atoms with van der Waals surface area (Å²) in [6.45, 7) is 6.75. The van der Waals surface area contributed by atoms with Gasteiger partial charge in [-0.3, -0.25) is 4.79 Å². The fourth-order valence-electron chi connectivity index (χ4n) is 7.22. The molecule has 1 aromatic carbocycles. The van der Waals surface area contributed by atoms with E-state index in [2.05, 4.69) is 57.2 Å². The van der Waals surface area contributed by atoms with Crippen LogP contribution in [0.5, 0.6) is 0 Å². The van der Waals surface area contributed by atoms with Gasteiger partial charge in [0.25, 0.3) is 0 Å². The molecule has 0 spiro atoms. The summed E-state index contributed by atoms with van der Waals surface area (Å²) in [5.74, 6) is 0.859. The lowest BCUT2D eigenvalue weighted by Gasteiger charge is -2.42. The summed E-state index contributed by atoms with van der Waals surface area (Å²) >= 11 is 0. The van der Waals surface area contributed by atoms with E-state index in [0.29, 0.717) is 18.3 Å². The van der Waals surface area contributed by atoms with E-state index in [1.165, 1.54) is 12.0 Å². The highest BCUT2D eigenvalue weighted by molar-refractivity contribution is 5.73. The summed E-state index contributed by atoms with van der Waals surface area (Å²) in [5, 5.41) is 20.9. The predicted octanol–water partition coefficient (Wildman–Crippen LogP) is 6.90. The summed E-state index contributed by atoms with van der Waals surface area (Å²) in [6.07, 6.45) is 15.7. The second-order valence-electron chi connectivity index (χ2n) is 12.4. The number of ether oxygens (including phenoxy) is 1. The SMILES string of the molecule is CCCCC[C@H](O)/C=C/[C@@H]1[C@H]2C=C(CC(=O)O[C@H]3CCCC[C@@H]3C(C)(C)c3ccccc3)C[C@H]2C[C@H]1O. The molecule has 3 aliphatic carbocycles. The number of carbonyl (C=O) groups is 1. The van der Waals surface area contributed by atoms with Gasteiger partial charge >= 0.3 is 5.97 Å². The van der Waals surface area contributed by atoms with Crippen molar-refractivity contribution in [3.05, 3.63) is 59.7 Å². The zero-order valence-corrected chi connectivity index (χ0v) is 23.1. The monoisotopic (exact) mass is 508 g/mol. The average Bonchev–Trinajstić information content (AvgIpc) is 3.39. The molecule has 0 radical (unpaired) electrons. The molecule has 1 aromatic rings. The van der Waals surface area contributed by atoms with Crippen molar-refractivity contribution < 1.29 is 19.7 Å². The lowest BCUT2D eigenvalue weighted by molar-refractivity contribution is -0.154. The van der Waals surface area contributed by atoms with Gasteiger partial charge in [-0.05, 0) is 61.3 Å². The summed E-state index contributed by atoms with van der Waals surface area (Å²) in [7, 11) is 0. The molecule has 204 valence electrons. The van der Waals surface area contributed by atoms with Crippen LogP contribution in [-0.2, 0) is 14.9 Å². The molecule has 0 saturated heterocycles. The molecular weight excluding hydrogens is 460 g/mol. The Hall–Kier alpha value is -1.91. The topological polar surface area (TPSA) is 66.8 Å². The summed E-state index contributed by atoms with van der Waals surface area (Å²) in [5.41, 5.74) is 2.42. The van der Waals surface area contributed by atoms with Crippen LogP contribution in [0, 0.1) is 23.7 Å². The number of hydrogen-bond donors (Lipinski definition) is 2. The molecule has 3 aliphatic rings. The molecule has 4 rings (SSSR count). The molecule has 4 heteroatoms. The van der Waals surface area contributed by atoms with E-state index in [-0.39, 0.29) is 35.4 Å². The summed E-state index contributed by atoms with van der Waals surface area (Å²) < 4.78 is 6.19. The van der Waals surface area contributed by atoms with Gasteiger partial charge in [-0.2, -0.15) is 0 Å². The number of carbonyl (C=O) groups excluding carboxylic acids is 1. The number of aliphatic hydroxyl groups is 2. The van der Waals surface area contributed by atoms with Gasteiger partial charge in [-0.15, -0.1) is 0 Å². The highest BCUT2D eigenvalue weighted by Gasteiger charge is 2.44. The van der Waals surface area contributed by atoms with Crippen LogP contribution in [0.3, 0.4) is 0 Å². The normalized spacial score (nSPS) is 30.8. The first-order valence-corrected chi connectivity index (χ1v) is 14.8. The molecular formula is C33H48O4. The lowest BCUT2D eigenvalue weighted by atomic mass is 9.66. The van der Waals surface area contributed by atoms with Crippen molar-refractivity contribution in [2.24, 2.45) is 23.7 Å². The lowest BCUT2D eigenvalue weighted by Crippen LogP contribution is -2.41. The third-order valence-electron chi connectivity index (χ3n) is 9.39. The molecule has 0 unspecified atom stereocenters. The Morgan fingerprint density at radius 3 is 2.68 bits per heavy atom. The summed E-state index contributed by atoms with van der Waals surface area (Å²) in [4.78, 5) is 13.1. The number of aliphatic hydroxyl groups excluding tert-OH is 2. The molecule has 0 aromatic heterocycles. The van der Waals surface area contributed by atoms with Crippen molar-refractivity contribution >= 4 is 5.97 Å². The zero-order valence-electron chi connectivity index (χ0n) is 23.1. The summed E-state index contributed by atoms with van der Waals surface area (Å²) in [6, 6.07) is 10.6. The van der Waals surface area contributed by atoms with Crippen LogP contribution in [0.25, 0.3) is 0 Å². The molecule has 37 heavy (non-hydrogen) atoms. The largest absolute Gasteiger partial charge is 0.462 e. The Morgan fingerprint density at radius 2 is 1.92 bits per heavy atom. The van der Waals surface area contributed by atoms with E-state index in [1.807, 2.05) is 12.2 Å². The highest BCUT2D eigenvalue weighted by Crippen LogP contribution is 2.48. The third kappa shape index (κ3) is 6.95. The number of esters is 1. The number of allylic oxidation sites excluding steroid dienone is 1. The Kier molecular flexibility index (Phi) is 9.69. The van der Waals surface area contributed by atoms with Gasteiger partial charge in [0.15, 0.2) is 0 Å². The Morgan fingerprint density at radius 1 is 1.16 bits per heavy atom. The van der Waals surface area contributed by atoms with E-state index in [1.54, 1.807) is 0 Å². The van der Waals surface area contributed by atoms with Crippen LogP contribution in [-0.4, -0.2) is 34.5 Å². The maximum atomic E-state index is 13.1. The standard InChI is InChI=1S/C33H48O4/c1-4-5-7-14-26(34)17-18-27-28-20-23(19-24(28)22-30(27)35)21-32(36)37-31-16-11-10-15-29(31)33(2,3)25-12-8-6-9-13-25/h6,8-9,12-13,17-18,20,24,26-31,34-35H,4-5,7,10-11,14-16,19,21-22H2,1-3H3/b18-17+/t24-,26-,27+,28-,29-,30+,31-/m0/s1. The van der Waals surface area contributed by atoms with Crippen molar-refractivity contribution in [1.82, 2.24) is 0 Å². The van der Waals surface area contributed by atoms with E-state index >= 15 is 0 Å². The minimum Gasteiger partial charge on any atom is -0.462 e. The third-order valence-corrected chi connectivity index (χ3v) is 9.39. The van der Waals surface area contributed by atoms with Crippen LogP contribution < -0.4 is 0 Å². The van der Waals surface area contributed by atoms with E-state index in [0.717, 1.165) is 63.4 Å². The van der Waals surface area contributed by atoms with E-state index in [9.17, 15) is 15.0 Å². The first-order valence-electron chi connectivity index (χ1n) is 14.8. The van der Waals surface area contributed by atoms with Crippen molar-refractivity contribution in [2.75, 3.05) is 0 Å². The van der Waals surface area contributed by atoms with Crippen LogP contribution in [0.1, 0.15) is 97.0 Å². The number of unbranched alkanes of at least 4 members (excludes halogenated alkanes) is 2. The molecule has 2 saturated carbocycles. The smallest absolute Gasteiger partial charge is 0.310 e. The quantitative estimate of drug-likeness (QED) is 0.194. The van der Waals surface area contributed by atoms with Gasteiger partial charge in [-0.1, -0.05) is 101 Å². The van der Waals surface area contributed by atoms with Crippen molar-refractivity contribution in [3.8, 4) is 0 Å². The minimum atomic E-state index is -0.443. The first kappa shape index (κ1) is 28.1. The molecule has 7 atom stereocenters. The maximum Gasteiger partial charge on any atom is 0.310 e. The Labute approximate surface area is 224 Å². The second kappa shape index (κ2) is 12.8. The van der Waals surface area contributed by atoms with Crippen LogP contribution in [0.2, 0.25) is 0 Å². The minimum absolute atomic E-state index is 0.0220. The number of rotatable bonds is 11. The van der Waals surface area contributed by atoms with Crippen molar-refractivity contribution in [2.45, 2.75) is 115 Å². The fraction of sp³-hybridized carbons (Fsp3) is 0.667. The predicted molar refractivity (Wildman–Crippen MR) is 149 cm³/mol. The van der Waals surface area contributed by atoms with Crippen LogP contribution in [0.15, 0.2) is 54.1 Å². The highest BCUT2D eigenvalue weighted by atomic mass is 16.5. The van der Waals surface area contributed by atoms with Gasteiger partial charge in [-0.25, -0.2) is 0 Å². The van der Waals surface area contributed by atoms with Crippen molar-refractivity contribution in [3.63, 3.8) is 0 Å². The average molecular weight is 509 g/mol. The molecule has 0 amide bonds. The molecule has 0 bridgehead atoms. The zero-order chi connectivity index (χ0) is 26.4. The molecule has 0 aliphatic heterocycles.